The summed E-state index contributed by atoms with van der Waals surface area (Å²) < 4.78 is 21.4. The van der Waals surface area contributed by atoms with E-state index in [2.05, 4.69) is 61.1 Å². The molecule has 39 heavy (non-hydrogen) atoms. The molecule has 6 rings (SSSR count). The number of methoxy groups -OCH3 is 1. The van der Waals surface area contributed by atoms with Crippen LogP contribution in [0.2, 0.25) is 0 Å². The van der Waals surface area contributed by atoms with Crippen molar-refractivity contribution in [3.05, 3.63) is 79.1 Å². The van der Waals surface area contributed by atoms with Gasteiger partial charge in [0.15, 0.2) is 0 Å². The molecule has 1 fully saturated rings. The summed E-state index contributed by atoms with van der Waals surface area (Å²) in [6, 6.07) is 17.3. The zero-order valence-corrected chi connectivity index (χ0v) is 22.2. The van der Waals surface area contributed by atoms with Gasteiger partial charge >= 0.3 is 0 Å². The van der Waals surface area contributed by atoms with Gasteiger partial charge in [-0.3, -0.25) is 0 Å². The zero-order chi connectivity index (χ0) is 26.9. The Labute approximate surface area is 226 Å². The van der Waals surface area contributed by atoms with Crippen LogP contribution in [0.3, 0.4) is 0 Å². The van der Waals surface area contributed by atoms with Gasteiger partial charge in [-0.1, -0.05) is 18.2 Å². The van der Waals surface area contributed by atoms with Crippen molar-refractivity contribution in [3.8, 4) is 28.1 Å². The molecule has 0 radical (unpaired) electrons. The molecule has 198 valence electrons. The number of ether oxygens (including phenoxy) is 1. The minimum atomic E-state index is -0.529. The van der Waals surface area contributed by atoms with E-state index in [-0.39, 0.29) is 0 Å². The van der Waals surface area contributed by atoms with Gasteiger partial charge in [-0.2, -0.15) is 4.39 Å². The molecule has 2 aromatic carbocycles. The second kappa shape index (κ2) is 10.3. The number of hydrogen-bond acceptors (Lipinski definition) is 7. The third-order valence-corrected chi connectivity index (χ3v) is 7.26. The number of rotatable bonds is 6. The normalized spacial score (nSPS) is 14.1. The van der Waals surface area contributed by atoms with Crippen molar-refractivity contribution in [1.82, 2.24) is 24.4 Å². The molecule has 0 bridgehead atoms. The average Bonchev–Trinajstić information content (AvgIpc) is 3.30. The van der Waals surface area contributed by atoms with E-state index in [1.807, 2.05) is 31.3 Å². The van der Waals surface area contributed by atoms with E-state index in [4.69, 9.17) is 9.72 Å². The number of aromatic nitrogens is 4. The number of aryl methyl sites for hydroxylation is 1. The molecule has 1 aliphatic heterocycles. The third-order valence-electron chi connectivity index (χ3n) is 7.26. The highest BCUT2D eigenvalue weighted by Crippen LogP contribution is 2.37. The van der Waals surface area contributed by atoms with Crippen molar-refractivity contribution in [2.75, 3.05) is 50.6 Å². The van der Waals surface area contributed by atoms with Gasteiger partial charge in [0.2, 0.25) is 11.9 Å². The molecule has 5 aromatic rings. The Bertz CT molecular complexity index is 1630. The maximum Gasteiger partial charge on any atom is 0.227 e. The number of piperazine rings is 1. The molecule has 9 heteroatoms. The highest BCUT2D eigenvalue weighted by Gasteiger charge is 2.20. The van der Waals surface area contributed by atoms with Gasteiger partial charge in [-0.05, 0) is 37.4 Å². The molecule has 4 heterocycles. The number of halogens is 1. The second-order valence-electron chi connectivity index (χ2n) is 9.80. The summed E-state index contributed by atoms with van der Waals surface area (Å²) >= 11 is 0. The van der Waals surface area contributed by atoms with E-state index in [0.717, 1.165) is 76.6 Å². The summed E-state index contributed by atoms with van der Waals surface area (Å²) in [4.78, 5) is 18.1. The van der Waals surface area contributed by atoms with Gasteiger partial charge in [0, 0.05) is 91.2 Å². The summed E-state index contributed by atoms with van der Waals surface area (Å²) in [5.74, 6) is 0.720. The predicted molar refractivity (Wildman–Crippen MR) is 153 cm³/mol. The Morgan fingerprint density at radius 3 is 2.49 bits per heavy atom. The van der Waals surface area contributed by atoms with Crippen LogP contribution in [0.4, 0.5) is 21.7 Å². The lowest BCUT2D eigenvalue weighted by atomic mass is 10.0. The van der Waals surface area contributed by atoms with Gasteiger partial charge in [0.05, 0.1) is 18.5 Å². The Kier molecular flexibility index (Phi) is 6.58. The van der Waals surface area contributed by atoms with Crippen molar-refractivity contribution < 1.29 is 9.13 Å². The predicted octanol–water partition coefficient (Wildman–Crippen LogP) is 5.34. The molecular formula is C30H30FN7O. The first kappa shape index (κ1) is 24.8. The van der Waals surface area contributed by atoms with Crippen LogP contribution in [0.25, 0.3) is 33.3 Å². The fraction of sp³-hybridized carbons (Fsp3) is 0.233. The van der Waals surface area contributed by atoms with Gasteiger partial charge < -0.3 is 24.4 Å². The van der Waals surface area contributed by atoms with E-state index in [1.54, 1.807) is 19.4 Å². The van der Waals surface area contributed by atoms with Gasteiger partial charge in [0.25, 0.3) is 0 Å². The maximum atomic E-state index is 13.6. The molecule has 0 spiro atoms. The third kappa shape index (κ3) is 4.88. The number of anilines is 3. The monoisotopic (exact) mass is 523 g/mol. The number of benzene rings is 2. The van der Waals surface area contributed by atoms with Gasteiger partial charge in [-0.25, -0.2) is 15.0 Å². The number of para-hydroxylation sites is 1. The smallest absolute Gasteiger partial charge is 0.227 e. The molecule has 1 aliphatic rings. The SMILES string of the molecule is COc1cc(Nc2ncc(-c3ccc(F)nc3)c(-c3cn(C)c4ccccc34)n2)ccc1N1CCN(C)CC1. The molecule has 8 nitrogen and oxygen atoms in total. The molecule has 3 aromatic heterocycles. The Morgan fingerprint density at radius 1 is 0.897 bits per heavy atom. The lowest BCUT2D eigenvalue weighted by Crippen LogP contribution is -2.44. The summed E-state index contributed by atoms with van der Waals surface area (Å²) in [7, 11) is 5.85. The Hall–Kier alpha value is -4.50. The molecular weight excluding hydrogens is 493 g/mol. The van der Waals surface area contributed by atoms with Gasteiger partial charge in [0.1, 0.15) is 5.75 Å². The number of likely N-dealkylation sites (N-methyl/N-ethyl adjacent to an activating group) is 1. The van der Waals surface area contributed by atoms with Crippen molar-refractivity contribution in [1.29, 1.82) is 0 Å². The van der Waals surface area contributed by atoms with Crippen LogP contribution in [-0.4, -0.2) is 64.8 Å². The first-order valence-corrected chi connectivity index (χ1v) is 12.9. The minimum Gasteiger partial charge on any atom is -0.495 e. The minimum absolute atomic E-state index is 0.450. The molecule has 0 atom stereocenters. The average molecular weight is 524 g/mol. The van der Waals surface area contributed by atoms with Crippen LogP contribution in [0, 0.1) is 5.95 Å². The Morgan fingerprint density at radius 2 is 1.72 bits per heavy atom. The number of fused-ring (bicyclic) bond motifs is 1. The number of hydrogen-bond donors (Lipinski definition) is 1. The number of pyridine rings is 1. The lowest BCUT2D eigenvalue weighted by molar-refractivity contribution is 0.311. The van der Waals surface area contributed by atoms with Crippen LogP contribution >= 0.6 is 0 Å². The van der Waals surface area contributed by atoms with E-state index in [1.165, 1.54) is 12.3 Å². The number of nitrogens with zero attached hydrogens (tertiary/aromatic N) is 6. The Balaban J connectivity index is 1.39. The molecule has 0 unspecified atom stereocenters. The van der Waals surface area contributed by atoms with Crippen LogP contribution < -0.4 is 15.0 Å². The van der Waals surface area contributed by atoms with Crippen LogP contribution in [0.1, 0.15) is 0 Å². The number of nitrogens with one attached hydrogen (secondary N) is 1. The quantitative estimate of drug-likeness (QED) is 0.301. The standard InChI is InChI=1S/C30H30FN7O/c1-36-12-14-38(15-13-36)26-10-9-21(16-27(26)39-3)34-30-33-18-23(20-8-11-28(31)32-17-20)29(35-30)24-19-37(2)25-7-5-4-6-22(24)25/h4-11,16-19H,12-15H2,1-3H3,(H,33,34,35). The largest absolute Gasteiger partial charge is 0.495 e. The molecule has 0 aliphatic carbocycles. The molecule has 1 N–H and O–H groups in total. The topological polar surface area (TPSA) is 71.3 Å². The van der Waals surface area contributed by atoms with E-state index >= 15 is 0 Å². The summed E-state index contributed by atoms with van der Waals surface area (Å²) in [6.45, 7) is 3.95. The summed E-state index contributed by atoms with van der Waals surface area (Å²) in [5.41, 5.74) is 6.20. The summed E-state index contributed by atoms with van der Waals surface area (Å²) in [5, 5.41) is 4.43. The van der Waals surface area contributed by atoms with E-state index in [9.17, 15) is 4.39 Å². The van der Waals surface area contributed by atoms with Crippen molar-refractivity contribution in [2.45, 2.75) is 0 Å². The molecule has 0 amide bonds. The fourth-order valence-electron chi connectivity index (χ4n) is 5.12. The maximum absolute atomic E-state index is 13.6. The first-order chi connectivity index (χ1) is 19.0. The van der Waals surface area contributed by atoms with Crippen molar-refractivity contribution in [2.24, 2.45) is 7.05 Å². The molecule has 0 saturated carbocycles. The van der Waals surface area contributed by atoms with E-state index in [0.29, 0.717) is 5.95 Å². The van der Waals surface area contributed by atoms with Gasteiger partial charge in [-0.15, -0.1) is 0 Å². The van der Waals surface area contributed by atoms with Crippen molar-refractivity contribution in [3.63, 3.8) is 0 Å². The zero-order valence-electron chi connectivity index (χ0n) is 22.2. The van der Waals surface area contributed by atoms with E-state index < -0.39 is 5.95 Å². The van der Waals surface area contributed by atoms with Crippen molar-refractivity contribution >= 4 is 28.2 Å². The highest BCUT2D eigenvalue weighted by atomic mass is 19.1. The van der Waals surface area contributed by atoms with Crippen LogP contribution in [0.15, 0.2) is 73.2 Å². The molecule has 1 saturated heterocycles. The summed E-state index contributed by atoms with van der Waals surface area (Å²) in [6.07, 6.45) is 5.33. The lowest BCUT2D eigenvalue weighted by Gasteiger charge is -2.34. The first-order valence-electron chi connectivity index (χ1n) is 12.9. The fourth-order valence-corrected chi connectivity index (χ4v) is 5.12. The van der Waals surface area contributed by atoms with Crippen LogP contribution in [-0.2, 0) is 7.05 Å². The van der Waals surface area contributed by atoms with Crippen LogP contribution in [0.5, 0.6) is 5.75 Å². The highest BCUT2D eigenvalue weighted by molar-refractivity contribution is 5.98. The second-order valence-corrected chi connectivity index (χ2v) is 9.80.